The van der Waals surface area contributed by atoms with Gasteiger partial charge in [0.15, 0.2) is 0 Å². The fraction of sp³-hybridized carbons (Fsp3) is 0.286. The van der Waals surface area contributed by atoms with E-state index in [9.17, 15) is 12.8 Å². The second kappa shape index (κ2) is 7.40. The molecule has 2 rings (SSSR count). The number of hydrogen-bond acceptors (Lipinski definition) is 4. The molecule has 0 aliphatic rings. The predicted molar refractivity (Wildman–Crippen MR) is 86.0 cm³/mol. The van der Waals surface area contributed by atoms with Crippen molar-refractivity contribution in [1.82, 2.24) is 4.72 Å². The molecular weight excluding hydrogens is 329 g/mol. The molecule has 0 aliphatic carbocycles. The Labute approximate surface area is 132 Å². The molecule has 0 spiro atoms. The molecule has 0 bridgehead atoms. The number of benzene rings is 1. The first-order valence-corrected chi connectivity index (χ1v) is 9.70. The maximum atomic E-state index is 12.7. The van der Waals surface area contributed by atoms with Gasteiger partial charge in [-0.3, -0.25) is 0 Å². The van der Waals surface area contributed by atoms with Crippen molar-refractivity contribution in [3.63, 3.8) is 0 Å². The Hall–Kier alpha value is -0.890. The standard InChI is InChI=1S/C14H16FNO2S3/c1-11-3-8-14(20-11)21(17,18)16-9-2-10-19-13-6-4-12(15)5-7-13/h3-8,16H,2,9-10H2,1H3. The molecule has 1 N–H and O–H groups in total. The lowest BCUT2D eigenvalue weighted by Gasteiger charge is -2.05. The van der Waals surface area contributed by atoms with E-state index in [4.69, 9.17) is 0 Å². The number of hydrogen-bond donors (Lipinski definition) is 1. The van der Waals surface area contributed by atoms with Crippen molar-refractivity contribution in [1.29, 1.82) is 0 Å². The molecule has 0 amide bonds. The van der Waals surface area contributed by atoms with Crippen molar-refractivity contribution in [2.75, 3.05) is 12.3 Å². The Kier molecular flexibility index (Phi) is 5.80. The first-order chi connectivity index (χ1) is 9.97. The zero-order chi connectivity index (χ0) is 15.3. The van der Waals surface area contributed by atoms with Crippen LogP contribution in [0, 0.1) is 12.7 Å². The number of nitrogens with one attached hydrogen (secondary N) is 1. The Morgan fingerprint density at radius 2 is 1.90 bits per heavy atom. The van der Waals surface area contributed by atoms with Gasteiger partial charge >= 0.3 is 0 Å². The smallest absolute Gasteiger partial charge is 0.210 e. The highest BCUT2D eigenvalue weighted by Crippen LogP contribution is 2.21. The van der Waals surface area contributed by atoms with Crippen molar-refractivity contribution < 1.29 is 12.8 Å². The van der Waals surface area contributed by atoms with Crippen LogP contribution in [-0.2, 0) is 10.0 Å². The van der Waals surface area contributed by atoms with E-state index < -0.39 is 10.0 Å². The number of rotatable bonds is 7. The molecule has 0 unspecified atom stereocenters. The van der Waals surface area contributed by atoms with E-state index in [0.29, 0.717) is 17.2 Å². The van der Waals surface area contributed by atoms with Crippen LogP contribution in [-0.4, -0.2) is 20.7 Å². The van der Waals surface area contributed by atoms with Gasteiger partial charge in [0.1, 0.15) is 10.0 Å². The van der Waals surface area contributed by atoms with E-state index in [1.807, 2.05) is 6.92 Å². The van der Waals surface area contributed by atoms with Crippen molar-refractivity contribution in [3.05, 3.63) is 47.1 Å². The lowest BCUT2D eigenvalue weighted by Crippen LogP contribution is -2.24. The maximum Gasteiger partial charge on any atom is 0.250 e. The third-order valence-corrected chi connectivity index (χ3v) is 6.73. The molecule has 0 fully saturated rings. The number of thioether (sulfide) groups is 1. The molecule has 0 atom stereocenters. The third kappa shape index (κ3) is 5.10. The van der Waals surface area contributed by atoms with E-state index >= 15 is 0 Å². The average molecular weight is 345 g/mol. The average Bonchev–Trinajstić information content (AvgIpc) is 2.88. The molecule has 1 aromatic heterocycles. The van der Waals surface area contributed by atoms with Gasteiger partial charge in [-0.15, -0.1) is 23.1 Å². The quantitative estimate of drug-likeness (QED) is 0.615. The van der Waals surface area contributed by atoms with Crippen LogP contribution in [0.5, 0.6) is 0 Å². The van der Waals surface area contributed by atoms with Gasteiger partial charge in [-0.25, -0.2) is 17.5 Å². The predicted octanol–water partition coefficient (Wildman–Crippen LogP) is 3.66. The number of sulfonamides is 1. The molecule has 2 aromatic rings. The molecule has 0 saturated heterocycles. The zero-order valence-electron chi connectivity index (χ0n) is 11.5. The molecule has 0 saturated carbocycles. The summed E-state index contributed by atoms with van der Waals surface area (Å²) in [7, 11) is -3.38. The van der Waals surface area contributed by atoms with Crippen LogP contribution in [0.2, 0.25) is 0 Å². The van der Waals surface area contributed by atoms with Gasteiger partial charge in [0.25, 0.3) is 0 Å². The number of thiophene rings is 1. The Morgan fingerprint density at radius 1 is 1.19 bits per heavy atom. The van der Waals surface area contributed by atoms with Crippen LogP contribution < -0.4 is 4.72 Å². The monoisotopic (exact) mass is 345 g/mol. The molecule has 3 nitrogen and oxygen atoms in total. The summed E-state index contributed by atoms with van der Waals surface area (Å²) in [5, 5.41) is 0. The summed E-state index contributed by atoms with van der Waals surface area (Å²) < 4.78 is 39.6. The topological polar surface area (TPSA) is 46.2 Å². The van der Waals surface area contributed by atoms with Gasteiger partial charge in [-0.1, -0.05) is 0 Å². The second-order valence-corrected chi connectivity index (χ2v) is 8.87. The SMILES string of the molecule is Cc1ccc(S(=O)(=O)NCCCSc2ccc(F)cc2)s1. The largest absolute Gasteiger partial charge is 0.250 e. The van der Waals surface area contributed by atoms with Crippen molar-refractivity contribution in [2.24, 2.45) is 0 Å². The van der Waals surface area contributed by atoms with E-state index in [-0.39, 0.29) is 5.82 Å². The van der Waals surface area contributed by atoms with Gasteiger partial charge in [0, 0.05) is 16.3 Å². The minimum atomic E-state index is -3.38. The van der Waals surface area contributed by atoms with Gasteiger partial charge in [-0.2, -0.15) is 0 Å². The lowest BCUT2D eigenvalue weighted by atomic mass is 10.4. The summed E-state index contributed by atoms with van der Waals surface area (Å²) in [6, 6.07) is 9.70. The van der Waals surface area contributed by atoms with E-state index in [2.05, 4.69) is 4.72 Å². The van der Waals surface area contributed by atoms with Crippen LogP contribution in [0.1, 0.15) is 11.3 Å². The summed E-state index contributed by atoms with van der Waals surface area (Å²) in [6.45, 7) is 2.27. The zero-order valence-corrected chi connectivity index (χ0v) is 14.0. The molecule has 21 heavy (non-hydrogen) atoms. The summed E-state index contributed by atoms with van der Waals surface area (Å²) in [4.78, 5) is 1.95. The van der Waals surface area contributed by atoms with Gasteiger partial charge in [0.05, 0.1) is 0 Å². The summed E-state index contributed by atoms with van der Waals surface area (Å²) in [5.41, 5.74) is 0. The number of aryl methyl sites for hydroxylation is 1. The van der Waals surface area contributed by atoms with Crippen molar-refractivity contribution in [3.8, 4) is 0 Å². The van der Waals surface area contributed by atoms with Gasteiger partial charge < -0.3 is 0 Å². The third-order valence-electron chi connectivity index (χ3n) is 2.68. The minimum Gasteiger partial charge on any atom is -0.210 e. The highest BCUT2D eigenvalue weighted by atomic mass is 32.2. The molecule has 1 heterocycles. The van der Waals surface area contributed by atoms with E-state index in [1.54, 1.807) is 36.0 Å². The Balaban J connectivity index is 1.73. The summed E-state index contributed by atoms with van der Waals surface area (Å²) in [6.07, 6.45) is 0.714. The highest BCUT2D eigenvalue weighted by molar-refractivity contribution is 7.99. The molecule has 7 heteroatoms. The van der Waals surface area contributed by atoms with Gasteiger partial charge in [0.2, 0.25) is 10.0 Å². The van der Waals surface area contributed by atoms with Crippen LogP contribution in [0.3, 0.4) is 0 Å². The minimum absolute atomic E-state index is 0.252. The van der Waals surface area contributed by atoms with E-state index in [0.717, 1.165) is 15.5 Å². The van der Waals surface area contributed by atoms with Crippen LogP contribution >= 0.6 is 23.1 Å². The van der Waals surface area contributed by atoms with Crippen LogP contribution in [0.4, 0.5) is 4.39 Å². The van der Waals surface area contributed by atoms with E-state index in [1.165, 1.54) is 23.5 Å². The Bertz CT molecular complexity index is 680. The normalized spacial score (nSPS) is 11.7. The van der Waals surface area contributed by atoms with Crippen molar-refractivity contribution >= 4 is 33.1 Å². The first kappa shape index (κ1) is 16.5. The summed E-state index contributed by atoms with van der Waals surface area (Å²) >= 11 is 2.85. The fourth-order valence-electron chi connectivity index (χ4n) is 1.63. The lowest BCUT2D eigenvalue weighted by molar-refractivity contribution is 0.583. The van der Waals surface area contributed by atoms with Crippen LogP contribution in [0.15, 0.2) is 45.5 Å². The maximum absolute atomic E-state index is 12.7. The second-order valence-electron chi connectivity index (χ2n) is 4.42. The summed E-state index contributed by atoms with van der Waals surface area (Å²) in [5.74, 6) is 0.524. The molecular formula is C14H16FNO2S3. The molecule has 0 aliphatic heterocycles. The highest BCUT2D eigenvalue weighted by Gasteiger charge is 2.14. The first-order valence-electron chi connectivity index (χ1n) is 6.42. The molecule has 0 radical (unpaired) electrons. The molecule has 1 aromatic carbocycles. The van der Waals surface area contributed by atoms with Crippen LogP contribution in [0.25, 0.3) is 0 Å². The number of halogens is 1. The van der Waals surface area contributed by atoms with Crippen molar-refractivity contribution in [2.45, 2.75) is 22.4 Å². The molecule has 114 valence electrons. The fourth-order valence-corrected chi connectivity index (χ4v) is 4.88. The Morgan fingerprint density at radius 3 is 2.52 bits per heavy atom. The van der Waals surface area contributed by atoms with Gasteiger partial charge in [-0.05, 0) is 55.5 Å².